The number of methoxy groups -OCH3 is 2. The Morgan fingerprint density at radius 3 is 1.24 bits per heavy atom. The summed E-state index contributed by atoms with van der Waals surface area (Å²) >= 11 is 0. The number of anilines is 4. The molecule has 12 heteroatoms. The highest BCUT2D eigenvalue weighted by molar-refractivity contribution is 6.36. The number of ether oxygens (including phenoxy) is 4. The van der Waals surface area contributed by atoms with Crippen molar-refractivity contribution in [3.63, 3.8) is 0 Å². The Kier molecular flexibility index (Phi) is 7.68. The second kappa shape index (κ2) is 11.7. The molecule has 0 spiro atoms. The Bertz CT molecular complexity index is 1800. The highest BCUT2D eigenvalue weighted by Gasteiger charge is 2.39. The van der Waals surface area contributed by atoms with Gasteiger partial charge in [0.2, 0.25) is 0 Å². The van der Waals surface area contributed by atoms with Crippen LogP contribution in [-0.2, 0) is 9.47 Å². The first-order valence-electron chi connectivity index (χ1n) is 14.3. The van der Waals surface area contributed by atoms with Gasteiger partial charge in [0.25, 0.3) is 23.6 Å². The molecule has 6 rings (SSSR count). The zero-order chi connectivity index (χ0) is 32.9. The number of rotatable bonds is 9. The van der Waals surface area contributed by atoms with Crippen LogP contribution in [0.2, 0.25) is 0 Å². The summed E-state index contributed by atoms with van der Waals surface area (Å²) in [6.45, 7) is 3.41. The summed E-state index contributed by atoms with van der Waals surface area (Å²) in [7, 11) is 2.99. The van der Waals surface area contributed by atoms with Crippen LogP contribution >= 0.6 is 0 Å². The van der Waals surface area contributed by atoms with Gasteiger partial charge < -0.3 is 30.4 Å². The van der Waals surface area contributed by atoms with Gasteiger partial charge in [0.1, 0.15) is 11.5 Å². The summed E-state index contributed by atoms with van der Waals surface area (Å²) in [6.07, 6.45) is -1.09. The first-order valence-corrected chi connectivity index (χ1v) is 14.3. The molecule has 4 amide bonds. The van der Waals surface area contributed by atoms with Crippen LogP contribution in [0.4, 0.5) is 22.7 Å². The van der Waals surface area contributed by atoms with Crippen molar-refractivity contribution in [3.8, 4) is 22.6 Å². The molecule has 4 N–H and O–H groups in total. The van der Waals surface area contributed by atoms with Gasteiger partial charge in [-0.05, 0) is 85.6 Å². The van der Waals surface area contributed by atoms with Crippen LogP contribution in [0.15, 0.2) is 72.8 Å². The van der Waals surface area contributed by atoms with E-state index in [1.165, 1.54) is 26.4 Å². The Morgan fingerprint density at radius 1 is 0.522 bits per heavy atom. The number of nitrogens with two attached hydrogens (primary N) is 2. The number of amides is 4. The minimum atomic E-state index is -0.544. The van der Waals surface area contributed by atoms with Gasteiger partial charge in [-0.15, -0.1) is 0 Å². The van der Waals surface area contributed by atoms with Gasteiger partial charge in [-0.2, -0.15) is 0 Å². The maximum Gasteiger partial charge on any atom is 0.266 e. The lowest BCUT2D eigenvalue weighted by Gasteiger charge is -2.18. The SMILES string of the molecule is COC(C)Oc1ccc(N2C(=O)c3ccc(-c4ccc5c(c4)C(=O)N(c4ccc(OC(C)OC)c(N)c4)C5=O)cc3C2=O)cc1N. The first-order chi connectivity index (χ1) is 22.0. The molecule has 12 nitrogen and oxygen atoms in total. The molecule has 4 aromatic carbocycles. The molecule has 0 aromatic heterocycles. The zero-order valence-corrected chi connectivity index (χ0v) is 25.4. The topological polar surface area (TPSA) is 164 Å². The molecule has 0 fully saturated rings. The summed E-state index contributed by atoms with van der Waals surface area (Å²) in [5.74, 6) is -1.34. The zero-order valence-electron chi connectivity index (χ0n) is 25.4. The molecule has 0 saturated carbocycles. The van der Waals surface area contributed by atoms with Crippen molar-refractivity contribution in [2.45, 2.75) is 26.4 Å². The molecule has 0 bridgehead atoms. The second-order valence-electron chi connectivity index (χ2n) is 10.7. The van der Waals surface area contributed by atoms with E-state index in [9.17, 15) is 19.2 Å². The van der Waals surface area contributed by atoms with Crippen molar-refractivity contribution in [1.29, 1.82) is 0 Å². The predicted octanol–water partition coefficient (Wildman–Crippen LogP) is 4.86. The van der Waals surface area contributed by atoms with E-state index in [0.717, 1.165) is 9.80 Å². The highest BCUT2D eigenvalue weighted by Crippen LogP contribution is 2.37. The Hall–Kier alpha value is -5.72. The van der Waals surface area contributed by atoms with Crippen molar-refractivity contribution in [3.05, 3.63) is 95.1 Å². The van der Waals surface area contributed by atoms with Crippen molar-refractivity contribution in [2.24, 2.45) is 0 Å². The fourth-order valence-electron chi connectivity index (χ4n) is 5.33. The van der Waals surface area contributed by atoms with E-state index >= 15 is 0 Å². The lowest BCUT2D eigenvalue weighted by Crippen LogP contribution is -2.29. The molecule has 0 aliphatic carbocycles. The number of carbonyl (C=O) groups is 4. The van der Waals surface area contributed by atoms with E-state index < -0.39 is 36.2 Å². The van der Waals surface area contributed by atoms with Gasteiger partial charge in [0.05, 0.1) is 45.0 Å². The molecule has 2 aliphatic heterocycles. The third-order valence-electron chi connectivity index (χ3n) is 7.86. The number of nitrogen functional groups attached to an aromatic ring is 2. The van der Waals surface area contributed by atoms with Crippen molar-refractivity contribution >= 4 is 46.4 Å². The first kappa shape index (κ1) is 30.3. The van der Waals surface area contributed by atoms with Gasteiger partial charge in [0, 0.05) is 14.2 Å². The van der Waals surface area contributed by atoms with Gasteiger partial charge in [-0.1, -0.05) is 12.1 Å². The van der Waals surface area contributed by atoms with Crippen LogP contribution in [-0.4, -0.2) is 50.4 Å². The molecule has 0 radical (unpaired) electrons. The molecule has 4 aromatic rings. The molecule has 2 unspecified atom stereocenters. The van der Waals surface area contributed by atoms with Gasteiger partial charge in [-0.25, -0.2) is 9.80 Å². The van der Waals surface area contributed by atoms with Crippen LogP contribution in [0, 0.1) is 0 Å². The Balaban J connectivity index is 1.26. The van der Waals surface area contributed by atoms with Crippen molar-refractivity contribution in [2.75, 3.05) is 35.5 Å². The number of hydrogen-bond acceptors (Lipinski definition) is 10. The number of carbonyl (C=O) groups excluding carboxylic acids is 4. The molecule has 234 valence electrons. The molecular weight excluding hydrogens is 592 g/mol. The monoisotopic (exact) mass is 622 g/mol. The van der Waals surface area contributed by atoms with Gasteiger partial charge in [-0.3, -0.25) is 19.2 Å². The third kappa shape index (κ3) is 5.09. The van der Waals surface area contributed by atoms with E-state index in [1.807, 2.05) is 0 Å². The second-order valence-corrected chi connectivity index (χ2v) is 10.7. The van der Waals surface area contributed by atoms with Crippen LogP contribution in [0.3, 0.4) is 0 Å². The molecule has 46 heavy (non-hydrogen) atoms. The molecule has 2 aliphatic rings. The summed E-state index contributed by atoms with van der Waals surface area (Å²) < 4.78 is 21.4. The van der Waals surface area contributed by atoms with Crippen LogP contribution in [0.1, 0.15) is 55.3 Å². The van der Waals surface area contributed by atoms with E-state index in [0.29, 0.717) is 22.6 Å². The average molecular weight is 623 g/mol. The van der Waals surface area contributed by atoms with E-state index in [2.05, 4.69) is 0 Å². The minimum absolute atomic E-state index is 0.194. The van der Waals surface area contributed by atoms with E-state index in [1.54, 1.807) is 74.5 Å². The Labute approximate surface area is 264 Å². The van der Waals surface area contributed by atoms with Crippen molar-refractivity contribution < 1.29 is 38.1 Å². The average Bonchev–Trinajstić information content (AvgIpc) is 3.45. The van der Waals surface area contributed by atoms with E-state index in [4.69, 9.17) is 30.4 Å². The number of nitrogens with zero attached hydrogens (tertiary/aromatic N) is 2. The fraction of sp³-hybridized carbons (Fsp3) is 0.176. The van der Waals surface area contributed by atoms with Crippen LogP contribution in [0.5, 0.6) is 11.5 Å². The summed E-state index contributed by atoms with van der Waals surface area (Å²) in [5, 5.41) is 0. The molecule has 0 saturated heterocycles. The standard InChI is InChI=1S/C34H30N4O8/c1-17(43-3)45-29-11-7-21(15-27(29)35)37-31(39)23-9-5-19(13-25(23)33(37)41)20-6-10-24-26(14-20)34(42)38(32(24)40)22-8-12-30(28(36)16-22)46-18(2)44-4/h5-18H,35-36H2,1-4H3. The smallest absolute Gasteiger partial charge is 0.266 e. The normalized spacial score (nSPS) is 15.2. The lowest BCUT2D eigenvalue weighted by atomic mass is 9.97. The third-order valence-corrected chi connectivity index (χ3v) is 7.86. The number of hydrogen-bond donors (Lipinski definition) is 2. The predicted molar refractivity (Wildman–Crippen MR) is 170 cm³/mol. The van der Waals surface area contributed by atoms with Gasteiger partial charge >= 0.3 is 0 Å². The fourth-order valence-corrected chi connectivity index (χ4v) is 5.33. The summed E-state index contributed by atoms with van der Waals surface area (Å²) in [4.78, 5) is 55.7. The maximum atomic E-state index is 13.5. The highest BCUT2D eigenvalue weighted by atomic mass is 16.7. The Morgan fingerprint density at radius 2 is 0.891 bits per heavy atom. The maximum absolute atomic E-state index is 13.5. The summed E-state index contributed by atoms with van der Waals surface area (Å²) in [5.41, 5.74) is 15.3. The molecule has 2 atom stereocenters. The number of fused-ring (bicyclic) bond motifs is 2. The quantitative estimate of drug-likeness (QED) is 0.150. The van der Waals surface area contributed by atoms with Gasteiger partial charge in [0.15, 0.2) is 12.6 Å². The lowest BCUT2D eigenvalue weighted by molar-refractivity contribution is -0.0380. The van der Waals surface area contributed by atoms with Crippen molar-refractivity contribution in [1.82, 2.24) is 0 Å². The summed E-state index contributed by atoms with van der Waals surface area (Å²) in [6, 6.07) is 18.9. The largest absolute Gasteiger partial charge is 0.463 e. The molecule has 2 heterocycles. The van der Waals surface area contributed by atoms with Crippen LogP contribution in [0.25, 0.3) is 11.1 Å². The minimum Gasteiger partial charge on any atom is -0.463 e. The molecular formula is C34H30N4O8. The number of benzene rings is 4. The number of imide groups is 2. The van der Waals surface area contributed by atoms with Crippen LogP contribution < -0.4 is 30.7 Å². The van der Waals surface area contributed by atoms with E-state index in [-0.39, 0.29) is 45.0 Å².